The van der Waals surface area contributed by atoms with Crippen molar-refractivity contribution in [3.8, 4) is 0 Å². The minimum atomic E-state index is 0.317. The first-order chi connectivity index (χ1) is 4.68. The van der Waals surface area contributed by atoms with E-state index in [0.717, 1.165) is 0 Å². The maximum absolute atomic E-state index is 4.64. The molecule has 0 radical (unpaired) electrons. The quantitative estimate of drug-likeness (QED) is 0.431. The third kappa shape index (κ3) is 23.1. The molecule has 0 rings (SSSR count). The van der Waals surface area contributed by atoms with E-state index in [-0.39, 0.29) is 0 Å². The molecule has 0 N–H and O–H groups in total. The van der Waals surface area contributed by atoms with E-state index in [0.29, 0.717) is 11.0 Å². The summed E-state index contributed by atoms with van der Waals surface area (Å²) in [6, 6.07) is 0. The van der Waals surface area contributed by atoms with Gasteiger partial charge >= 0.3 is 0 Å². The van der Waals surface area contributed by atoms with Crippen molar-refractivity contribution >= 4 is 50.8 Å². The molecule has 5 heteroatoms. The summed E-state index contributed by atoms with van der Waals surface area (Å²) in [4.78, 5) is 0. The van der Waals surface area contributed by atoms with Crippen molar-refractivity contribution in [2.75, 3.05) is 19.1 Å². The van der Waals surface area contributed by atoms with Crippen LogP contribution in [-0.4, -0.2) is 23.5 Å². The zero-order chi connectivity index (χ0) is 8.41. The Morgan fingerprint density at radius 3 is 1.90 bits per heavy atom. The lowest BCUT2D eigenvalue weighted by Crippen LogP contribution is -1.89. The molecule has 0 heterocycles. The van der Waals surface area contributed by atoms with Crippen molar-refractivity contribution in [2.45, 2.75) is 6.92 Å². The summed E-state index contributed by atoms with van der Waals surface area (Å²) in [6.45, 7) is 2.48. The molecule has 0 aromatic heterocycles. The molecule has 0 saturated carbocycles. The number of rotatable bonds is 2. The monoisotopic (exact) mass is 216 g/mol. The lowest BCUT2D eigenvalue weighted by atomic mass is 10.9. The fourth-order valence-corrected chi connectivity index (χ4v) is 0.370. The standard InChI is InChI=1S/C3H6OS2.C2H6S2/c1-2-4-3(5)6;1-3-4-2/h2H2,1H3,(H,5,6);1-2H3. The topological polar surface area (TPSA) is 9.23 Å². The van der Waals surface area contributed by atoms with Gasteiger partial charge in [0.1, 0.15) is 0 Å². The molecule has 0 saturated heterocycles. The van der Waals surface area contributed by atoms with Crippen LogP contribution in [0.5, 0.6) is 0 Å². The zero-order valence-electron chi connectivity index (χ0n) is 6.29. The Hall–Kier alpha value is 0.940. The summed E-state index contributed by atoms with van der Waals surface area (Å²) in [5.74, 6) is 0. The third-order valence-corrected chi connectivity index (χ3v) is 2.01. The second kappa shape index (κ2) is 12.6. The van der Waals surface area contributed by atoms with Crippen LogP contribution in [0.2, 0.25) is 0 Å². The molecule has 0 bridgehead atoms. The number of hydrogen-bond donors (Lipinski definition) is 1. The molecule has 0 aliphatic carbocycles. The second-order valence-corrected chi connectivity index (χ2v) is 4.78. The molecule has 0 aliphatic rings. The van der Waals surface area contributed by atoms with Crippen LogP contribution >= 0.6 is 46.4 Å². The highest BCUT2D eigenvalue weighted by molar-refractivity contribution is 8.76. The van der Waals surface area contributed by atoms with Crippen molar-refractivity contribution < 1.29 is 4.74 Å². The van der Waals surface area contributed by atoms with E-state index in [1.807, 2.05) is 6.92 Å². The minimum Gasteiger partial charge on any atom is -0.479 e. The Morgan fingerprint density at radius 1 is 1.50 bits per heavy atom. The molecule has 62 valence electrons. The highest BCUT2D eigenvalue weighted by Crippen LogP contribution is 2.09. The Morgan fingerprint density at radius 2 is 1.90 bits per heavy atom. The maximum Gasteiger partial charge on any atom is 0.216 e. The van der Waals surface area contributed by atoms with Gasteiger partial charge in [-0.25, -0.2) is 0 Å². The van der Waals surface area contributed by atoms with E-state index in [1.165, 1.54) is 0 Å². The summed E-state index contributed by atoms with van der Waals surface area (Å²) < 4.78 is 4.95. The predicted octanol–water partition coefficient (Wildman–Crippen LogP) is 2.87. The van der Waals surface area contributed by atoms with Crippen molar-refractivity contribution in [1.82, 2.24) is 0 Å². The molecule has 0 amide bonds. The fourth-order valence-electron chi connectivity index (χ4n) is 0.123. The van der Waals surface area contributed by atoms with Crippen molar-refractivity contribution in [3.05, 3.63) is 0 Å². The summed E-state index contributed by atoms with van der Waals surface area (Å²) in [5.41, 5.74) is 0. The van der Waals surface area contributed by atoms with Crippen molar-refractivity contribution in [3.63, 3.8) is 0 Å². The normalized spacial score (nSPS) is 7.60. The van der Waals surface area contributed by atoms with Crippen LogP contribution < -0.4 is 0 Å². The summed E-state index contributed by atoms with van der Waals surface area (Å²) in [7, 11) is 3.55. The molecule has 0 spiro atoms. The lowest BCUT2D eigenvalue weighted by molar-refractivity contribution is 0.346. The number of thiocarbonyl (C=S) groups is 1. The SMILES string of the molecule is CCOC(=S)S.CSSC. The smallest absolute Gasteiger partial charge is 0.216 e. The van der Waals surface area contributed by atoms with Crippen LogP contribution in [-0.2, 0) is 4.74 Å². The van der Waals surface area contributed by atoms with Crippen LogP contribution in [0.1, 0.15) is 6.92 Å². The van der Waals surface area contributed by atoms with Crippen molar-refractivity contribution in [1.29, 1.82) is 0 Å². The largest absolute Gasteiger partial charge is 0.479 e. The Bertz CT molecular complexity index is 74.0. The van der Waals surface area contributed by atoms with E-state index < -0.39 is 0 Å². The van der Waals surface area contributed by atoms with Crippen LogP contribution in [0.25, 0.3) is 0 Å². The van der Waals surface area contributed by atoms with E-state index in [9.17, 15) is 0 Å². The zero-order valence-corrected chi connectivity index (χ0v) is 9.63. The average molecular weight is 216 g/mol. The van der Waals surface area contributed by atoms with Crippen molar-refractivity contribution in [2.24, 2.45) is 0 Å². The summed E-state index contributed by atoms with van der Waals surface area (Å²) in [5, 5.41) is 0. The summed E-state index contributed by atoms with van der Waals surface area (Å²) in [6.07, 6.45) is 4.12. The highest BCUT2D eigenvalue weighted by atomic mass is 33.1. The van der Waals surface area contributed by atoms with Gasteiger partial charge in [0.15, 0.2) is 0 Å². The van der Waals surface area contributed by atoms with Gasteiger partial charge < -0.3 is 4.74 Å². The Kier molecular flexibility index (Phi) is 17.0. The van der Waals surface area contributed by atoms with Gasteiger partial charge in [-0.05, 0) is 31.7 Å². The summed E-state index contributed by atoms with van der Waals surface area (Å²) >= 11 is 8.12. The first kappa shape index (κ1) is 13.5. The number of thiol groups is 1. The second-order valence-electron chi connectivity index (χ2n) is 1.03. The van der Waals surface area contributed by atoms with Crippen LogP contribution in [0.3, 0.4) is 0 Å². The molecule has 0 aromatic carbocycles. The van der Waals surface area contributed by atoms with Gasteiger partial charge in [0.25, 0.3) is 0 Å². The van der Waals surface area contributed by atoms with Crippen LogP contribution in [0, 0.1) is 0 Å². The van der Waals surface area contributed by atoms with Gasteiger partial charge in [-0.3, -0.25) is 0 Å². The van der Waals surface area contributed by atoms with Gasteiger partial charge in [0.2, 0.25) is 4.38 Å². The Balaban J connectivity index is 0. The van der Waals surface area contributed by atoms with E-state index in [2.05, 4.69) is 42.1 Å². The van der Waals surface area contributed by atoms with Gasteiger partial charge in [-0.1, -0.05) is 34.2 Å². The molecule has 10 heavy (non-hydrogen) atoms. The fraction of sp³-hybridized carbons (Fsp3) is 0.800. The van der Waals surface area contributed by atoms with Gasteiger partial charge in [-0.2, -0.15) is 0 Å². The molecule has 1 nitrogen and oxygen atoms in total. The predicted molar refractivity (Wildman–Crippen MR) is 60.2 cm³/mol. The number of ether oxygens (including phenoxy) is 1. The maximum atomic E-state index is 4.64. The minimum absolute atomic E-state index is 0.317. The van der Waals surface area contributed by atoms with E-state index in [1.54, 1.807) is 21.6 Å². The molecule has 0 aromatic rings. The number of hydrogen-bond acceptors (Lipinski definition) is 4. The van der Waals surface area contributed by atoms with Gasteiger partial charge in [0, 0.05) is 0 Å². The molecule has 0 unspecified atom stereocenters. The Labute approximate surface area is 81.5 Å². The molecular weight excluding hydrogens is 204 g/mol. The van der Waals surface area contributed by atoms with Crippen LogP contribution in [0.15, 0.2) is 0 Å². The molecule has 0 atom stereocenters. The highest BCUT2D eigenvalue weighted by Gasteiger charge is 1.77. The third-order valence-electron chi connectivity index (χ3n) is 0.434. The molecule has 0 fully saturated rings. The van der Waals surface area contributed by atoms with E-state index >= 15 is 0 Å². The lowest BCUT2D eigenvalue weighted by Gasteiger charge is -1.92. The average Bonchev–Trinajstić information content (AvgIpc) is 1.89. The first-order valence-electron chi connectivity index (χ1n) is 2.61. The van der Waals surface area contributed by atoms with Crippen LogP contribution in [0.4, 0.5) is 0 Å². The molecular formula is C5H12OS4. The van der Waals surface area contributed by atoms with E-state index in [4.69, 9.17) is 0 Å². The first-order valence-corrected chi connectivity index (χ1v) is 6.43. The van der Waals surface area contributed by atoms with Gasteiger partial charge in [0.05, 0.1) is 6.61 Å². The van der Waals surface area contributed by atoms with Gasteiger partial charge in [-0.15, -0.1) is 0 Å². The molecule has 0 aliphatic heterocycles.